The van der Waals surface area contributed by atoms with Gasteiger partial charge in [-0.15, -0.1) is 0 Å². The predicted molar refractivity (Wildman–Crippen MR) is 119 cm³/mol. The highest BCUT2D eigenvalue weighted by Crippen LogP contribution is 2.38. The minimum Gasteiger partial charge on any atom is -0.497 e. The van der Waals surface area contributed by atoms with Gasteiger partial charge in [0.25, 0.3) is 11.8 Å². The van der Waals surface area contributed by atoms with E-state index in [-0.39, 0.29) is 11.8 Å². The smallest absolute Gasteiger partial charge is 0.267 e. The number of nitrogens with zero attached hydrogens (tertiary/aromatic N) is 2. The molecule has 0 spiro atoms. The first kappa shape index (κ1) is 20.9. The number of amides is 2. The lowest BCUT2D eigenvalue weighted by molar-refractivity contribution is -0.902. The van der Waals surface area contributed by atoms with E-state index in [9.17, 15) is 9.59 Å². The number of rotatable bonds is 5. The van der Waals surface area contributed by atoms with Crippen LogP contribution >= 0.6 is 0 Å². The molecule has 0 bridgehead atoms. The molecule has 0 aromatic heterocycles. The Kier molecular flexibility index (Phi) is 5.95. The molecule has 1 N–H and O–H groups in total. The van der Waals surface area contributed by atoms with Gasteiger partial charge in [0.1, 0.15) is 11.5 Å². The van der Waals surface area contributed by atoms with E-state index in [0.717, 1.165) is 32.7 Å². The normalized spacial score (nSPS) is 18.4. The van der Waals surface area contributed by atoms with Crippen molar-refractivity contribution in [3.63, 3.8) is 0 Å². The minimum absolute atomic E-state index is 0.361. The molecule has 7 nitrogen and oxygen atoms in total. The summed E-state index contributed by atoms with van der Waals surface area (Å²) in [6.07, 6.45) is 1.92. The van der Waals surface area contributed by atoms with Gasteiger partial charge in [0.05, 0.1) is 58.2 Å². The molecule has 31 heavy (non-hydrogen) atoms. The third kappa shape index (κ3) is 3.88. The van der Waals surface area contributed by atoms with Gasteiger partial charge in [0.15, 0.2) is 0 Å². The quantitative estimate of drug-likeness (QED) is 0.584. The van der Waals surface area contributed by atoms with E-state index in [4.69, 9.17) is 9.47 Å². The van der Waals surface area contributed by atoms with Crippen LogP contribution in [0.25, 0.3) is 5.57 Å². The van der Waals surface area contributed by atoms with Crippen molar-refractivity contribution >= 4 is 23.1 Å². The van der Waals surface area contributed by atoms with Crippen LogP contribution in [0.15, 0.2) is 48.7 Å². The van der Waals surface area contributed by atoms with Crippen LogP contribution in [0, 0.1) is 0 Å². The lowest BCUT2D eigenvalue weighted by Crippen LogP contribution is -3.14. The van der Waals surface area contributed by atoms with Crippen molar-refractivity contribution in [1.82, 2.24) is 4.90 Å². The second-order valence-corrected chi connectivity index (χ2v) is 7.71. The standard InChI is InChI=1S/C24H27N3O4/c1-4-25-11-13-26(14-12-25)16-20-18-7-5-6-8-19(18)23(28)27(24(20)29)21-15-17(30-2)9-10-22(21)31-3/h5-10,15-16H,4,11-14H2,1-3H3/p+1. The highest BCUT2D eigenvalue weighted by atomic mass is 16.5. The van der Waals surface area contributed by atoms with Crippen LogP contribution in [-0.4, -0.2) is 63.7 Å². The van der Waals surface area contributed by atoms with Gasteiger partial charge in [-0.25, -0.2) is 4.90 Å². The third-order valence-corrected chi connectivity index (χ3v) is 6.03. The lowest BCUT2D eigenvalue weighted by atomic mass is 9.93. The van der Waals surface area contributed by atoms with Gasteiger partial charge in [0, 0.05) is 23.4 Å². The van der Waals surface area contributed by atoms with Gasteiger partial charge in [-0.3, -0.25) is 9.59 Å². The second kappa shape index (κ2) is 8.81. The van der Waals surface area contributed by atoms with E-state index in [1.165, 1.54) is 12.0 Å². The molecule has 0 aliphatic carbocycles. The Balaban J connectivity index is 1.79. The Hall–Kier alpha value is -3.32. The second-order valence-electron chi connectivity index (χ2n) is 7.71. The molecule has 0 atom stereocenters. The first-order valence-corrected chi connectivity index (χ1v) is 10.6. The summed E-state index contributed by atoms with van der Waals surface area (Å²) in [6, 6.07) is 12.4. The maximum atomic E-state index is 13.7. The van der Waals surface area contributed by atoms with Crippen molar-refractivity contribution in [2.45, 2.75) is 6.92 Å². The van der Waals surface area contributed by atoms with Crippen LogP contribution in [0.2, 0.25) is 0 Å². The van der Waals surface area contributed by atoms with Gasteiger partial charge in [-0.05, 0) is 25.1 Å². The molecular formula is C24H28N3O4+. The summed E-state index contributed by atoms with van der Waals surface area (Å²) in [5.41, 5.74) is 2.05. The third-order valence-electron chi connectivity index (χ3n) is 6.03. The number of hydrogen-bond acceptors (Lipinski definition) is 5. The molecule has 0 unspecified atom stereocenters. The zero-order valence-corrected chi connectivity index (χ0v) is 18.2. The molecule has 2 aromatic carbocycles. The van der Waals surface area contributed by atoms with Gasteiger partial charge >= 0.3 is 0 Å². The lowest BCUT2D eigenvalue weighted by Gasteiger charge is -2.33. The van der Waals surface area contributed by atoms with Crippen LogP contribution in [0.4, 0.5) is 5.69 Å². The van der Waals surface area contributed by atoms with Crippen molar-refractivity contribution in [2.24, 2.45) is 0 Å². The van der Waals surface area contributed by atoms with Gasteiger partial charge in [-0.2, -0.15) is 0 Å². The summed E-state index contributed by atoms with van der Waals surface area (Å²) in [7, 11) is 3.06. The number of likely N-dealkylation sites (N-methyl/N-ethyl adjacent to an activating group) is 1. The SMILES string of the molecule is CC[NH+]1CCN(C=C2C(=O)N(c3cc(OC)ccc3OC)C(=O)c3ccccc32)CC1. The van der Waals surface area contributed by atoms with Crippen molar-refractivity contribution < 1.29 is 24.0 Å². The fraction of sp³-hybridized carbons (Fsp3) is 0.333. The number of methoxy groups -OCH3 is 2. The molecule has 1 fully saturated rings. The maximum absolute atomic E-state index is 13.7. The van der Waals surface area contributed by atoms with Crippen molar-refractivity contribution in [3.8, 4) is 11.5 Å². The Labute approximate surface area is 182 Å². The molecule has 0 saturated carbocycles. The average Bonchev–Trinajstić information content (AvgIpc) is 2.82. The summed E-state index contributed by atoms with van der Waals surface area (Å²) in [4.78, 5) is 32.0. The molecule has 2 aliphatic heterocycles. The van der Waals surface area contributed by atoms with Crippen LogP contribution in [0.1, 0.15) is 22.8 Å². The molecule has 1 saturated heterocycles. The van der Waals surface area contributed by atoms with Crippen LogP contribution < -0.4 is 19.3 Å². The number of anilines is 1. The first-order chi connectivity index (χ1) is 15.1. The fourth-order valence-corrected chi connectivity index (χ4v) is 4.17. The molecule has 0 radical (unpaired) electrons. The molecule has 7 heteroatoms. The molecule has 2 amide bonds. The highest BCUT2D eigenvalue weighted by molar-refractivity contribution is 6.41. The van der Waals surface area contributed by atoms with Gasteiger partial charge in [-0.1, -0.05) is 18.2 Å². The van der Waals surface area contributed by atoms with E-state index in [2.05, 4.69) is 11.8 Å². The monoisotopic (exact) mass is 422 g/mol. The maximum Gasteiger partial charge on any atom is 0.267 e. The molecule has 2 heterocycles. The van der Waals surface area contributed by atoms with Crippen molar-refractivity contribution in [3.05, 3.63) is 59.8 Å². The summed E-state index contributed by atoms with van der Waals surface area (Å²) < 4.78 is 10.8. The molecule has 2 aliphatic rings. The minimum atomic E-state index is -0.371. The number of nitrogens with one attached hydrogen (secondary N) is 1. The Bertz CT molecular complexity index is 1030. The number of benzene rings is 2. The first-order valence-electron chi connectivity index (χ1n) is 10.6. The average molecular weight is 423 g/mol. The Morgan fingerprint density at radius 1 is 0.968 bits per heavy atom. The number of hydrogen-bond donors (Lipinski definition) is 1. The number of imide groups is 1. The van der Waals surface area contributed by atoms with E-state index >= 15 is 0 Å². The van der Waals surface area contributed by atoms with Gasteiger partial charge in [0.2, 0.25) is 0 Å². The zero-order chi connectivity index (χ0) is 22.0. The van der Waals surface area contributed by atoms with Gasteiger partial charge < -0.3 is 19.3 Å². The molecule has 4 rings (SSSR count). The summed E-state index contributed by atoms with van der Waals surface area (Å²) >= 11 is 0. The molecule has 2 aromatic rings. The number of piperazine rings is 1. The fourth-order valence-electron chi connectivity index (χ4n) is 4.17. The molecular weight excluding hydrogens is 394 g/mol. The van der Waals surface area contributed by atoms with Crippen molar-refractivity contribution in [1.29, 1.82) is 0 Å². The topological polar surface area (TPSA) is 63.5 Å². The Morgan fingerprint density at radius 2 is 1.68 bits per heavy atom. The molecule has 162 valence electrons. The number of ether oxygens (including phenoxy) is 2. The number of carbonyl (C=O) groups is 2. The predicted octanol–water partition coefficient (Wildman–Crippen LogP) is 1.45. The zero-order valence-electron chi connectivity index (χ0n) is 18.2. The van der Waals surface area contributed by atoms with Crippen LogP contribution in [0.5, 0.6) is 11.5 Å². The number of quaternary nitrogens is 1. The van der Waals surface area contributed by atoms with E-state index in [1.54, 1.807) is 36.3 Å². The van der Waals surface area contributed by atoms with Crippen LogP contribution in [-0.2, 0) is 4.79 Å². The number of carbonyl (C=O) groups excluding carboxylic acids is 2. The largest absolute Gasteiger partial charge is 0.497 e. The van der Waals surface area contributed by atoms with Crippen molar-refractivity contribution in [2.75, 3.05) is 51.8 Å². The van der Waals surface area contributed by atoms with E-state index in [0.29, 0.717) is 33.9 Å². The Morgan fingerprint density at radius 3 is 2.32 bits per heavy atom. The summed E-state index contributed by atoms with van der Waals surface area (Å²) in [6.45, 7) is 7.10. The van der Waals surface area contributed by atoms with E-state index in [1.807, 2.05) is 24.4 Å². The highest BCUT2D eigenvalue weighted by Gasteiger charge is 2.38. The van der Waals surface area contributed by atoms with E-state index < -0.39 is 0 Å². The summed E-state index contributed by atoms with van der Waals surface area (Å²) in [5, 5.41) is 0. The van der Waals surface area contributed by atoms with Crippen LogP contribution in [0.3, 0.4) is 0 Å². The number of fused-ring (bicyclic) bond motifs is 1. The summed E-state index contributed by atoms with van der Waals surface area (Å²) in [5.74, 6) is 0.242.